The Hall–Kier alpha value is -1.42. The van der Waals surface area contributed by atoms with E-state index in [-0.39, 0.29) is 50.8 Å². The minimum absolute atomic E-state index is 0.000392. The summed E-state index contributed by atoms with van der Waals surface area (Å²) < 4.78 is 5.20. The molecule has 0 amide bonds. The number of rotatable bonds is 1. The Labute approximate surface area is 212 Å². The van der Waals surface area contributed by atoms with Crippen LogP contribution < -0.4 is 0 Å². The van der Waals surface area contributed by atoms with E-state index in [1.54, 1.807) is 0 Å². The van der Waals surface area contributed by atoms with Crippen LogP contribution in [0.3, 0.4) is 0 Å². The van der Waals surface area contributed by atoms with E-state index in [0.29, 0.717) is 5.92 Å². The van der Waals surface area contributed by atoms with Gasteiger partial charge >= 0.3 is 5.97 Å². The normalized spacial score (nSPS) is 50.5. The minimum atomic E-state index is -0.642. The standard InChI is InChI=1S/C31H46O4/c1-26(2)22-9-12-31(7)24(29(22,5)11-10-23(26)33)21(32)17-19-20-18-28(4,25(34)35-8)14-13-27(20,3)15-16-30(19,31)6/h17-18,22-24,33H,9-16H2,1-8H3/t22?,23-,24?,27+,28-,29-,30+,31+/m0/s1. The maximum atomic E-state index is 14.3. The van der Waals surface area contributed by atoms with Gasteiger partial charge in [-0.1, -0.05) is 47.6 Å². The fourth-order valence-corrected chi connectivity index (χ4v) is 9.98. The highest BCUT2D eigenvalue weighted by Gasteiger charge is 2.69. The predicted molar refractivity (Wildman–Crippen MR) is 137 cm³/mol. The van der Waals surface area contributed by atoms with Crippen molar-refractivity contribution in [2.45, 2.75) is 106 Å². The Bertz CT molecular complexity index is 1040. The molecule has 35 heavy (non-hydrogen) atoms. The average molecular weight is 483 g/mol. The van der Waals surface area contributed by atoms with Gasteiger partial charge in [0.2, 0.25) is 0 Å². The van der Waals surface area contributed by atoms with Gasteiger partial charge in [0.25, 0.3) is 0 Å². The molecule has 5 aliphatic rings. The molecule has 0 spiro atoms. The molecule has 0 heterocycles. The van der Waals surface area contributed by atoms with Crippen LogP contribution in [0.15, 0.2) is 23.3 Å². The molecule has 4 nitrogen and oxygen atoms in total. The summed E-state index contributed by atoms with van der Waals surface area (Å²) in [5.74, 6) is 0.400. The number of hydrogen-bond acceptors (Lipinski definition) is 4. The lowest BCUT2D eigenvalue weighted by atomic mass is 9.34. The zero-order valence-corrected chi connectivity index (χ0v) is 23.2. The van der Waals surface area contributed by atoms with Gasteiger partial charge in [-0.25, -0.2) is 0 Å². The Morgan fingerprint density at radius 3 is 2.23 bits per heavy atom. The number of hydrogen-bond donors (Lipinski definition) is 1. The van der Waals surface area contributed by atoms with Crippen LogP contribution in [-0.2, 0) is 14.3 Å². The fourth-order valence-electron chi connectivity index (χ4n) is 9.98. The molecule has 0 radical (unpaired) electrons. The van der Waals surface area contributed by atoms with Gasteiger partial charge in [0, 0.05) is 5.92 Å². The Balaban J connectivity index is 1.67. The van der Waals surface area contributed by atoms with Gasteiger partial charge in [-0.15, -0.1) is 0 Å². The predicted octanol–water partition coefficient (Wildman–Crippen LogP) is 6.42. The molecule has 4 heteroatoms. The zero-order chi connectivity index (χ0) is 25.8. The molecule has 3 fully saturated rings. The van der Waals surface area contributed by atoms with Crippen molar-refractivity contribution in [2.75, 3.05) is 7.11 Å². The number of ketones is 1. The molecule has 3 saturated carbocycles. The lowest BCUT2D eigenvalue weighted by Crippen LogP contribution is -2.65. The van der Waals surface area contributed by atoms with Gasteiger partial charge in [0.1, 0.15) is 0 Å². The van der Waals surface area contributed by atoms with Crippen LogP contribution >= 0.6 is 0 Å². The number of allylic oxidation sites excluding steroid dienone is 3. The molecule has 0 aromatic heterocycles. The van der Waals surface area contributed by atoms with Gasteiger partial charge in [0.05, 0.1) is 18.6 Å². The highest BCUT2D eigenvalue weighted by Crippen LogP contribution is 2.74. The summed E-state index contributed by atoms with van der Waals surface area (Å²) in [6.07, 6.45) is 11.5. The van der Waals surface area contributed by atoms with Crippen molar-refractivity contribution in [1.29, 1.82) is 0 Å². The van der Waals surface area contributed by atoms with Gasteiger partial charge in [-0.05, 0) is 109 Å². The molecule has 8 atom stereocenters. The second-order valence-corrected chi connectivity index (χ2v) is 14.6. The third kappa shape index (κ3) is 3.01. The highest BCUT2D eigenvalue weighted by atomic mass is 16.5. The first-order chi connectivity index (χ1) is 16.1. The molecule has 2 unspecified atom stereocenters. The summed E-state index contributed by atoms with van der Waals surface area (Å²) >= 11 is 0. The number of ether oxygens (including phenoxy) is 1. The first kappa shape index (κ1) is 25.2. The maximum absolute atomic E-state index is 14.3. The monoisotopic (exact) mass is 482 g/mol. The summed E-state index contributed by atoms with van der Waals surface area (Å²) in [5.41, 5.74) is 1.24. The molecule has 1 N–H and O–H groups in total. The van der Waals surface area contributed by atoms with Crippen molar-refractivity contribution in [3.05, 3.63) is 23.3 Å². The van der Waals surface area contributed by atoms with Crippen LogP contribution in [0.5, 0.6) is 0 Å². The number of esters is 1. The van der Waals surface area contributed by atoms with E-state index < -0.39 is 5.41 Å². The number of carbonyl (C=O) groups is 2. The number of aliphatic hydroxyl groups excluding tert-OH is 1. The van der Waals surface area contributed by atoms with Crippen molar-refractivity contribution in [2.24, 2.45) is 44.3 Å². The molecule has 0 bridgehead atoms. The molecule has 0 aromatic carbocycles. The largest absolute Gasteiger partial charge is 0.468 e. The highest BCUT2D eigenvalue weighted by molar-refractivity contribution is 5.96. The van der Waals surface area contributed by atoms with Crippen molar-refractivity contribution in [3.8, 4) is 0 Å². The van der Waals surface area contributed by atoms with Crippen LogP contribution in [0.1, 0.15) is 99.8 Å². The fraction of sp³-hybridized carbons (Fsp3) is 0.806. The molecule has 5 aliphatic carbocycles. The Morgan fingerprint density at radius 2 is 1.57 bits per heavy atom. The number of methoxy groups -OCH3 is 1. The lowest BCUT2D eigenvalue weighted by Gasteiger charge is -2.69. The van der Waals surface area contributed by atoms with Crippen molar-refractivity contribution in [1.82, 2.24) is 0 Å². The van der Waals surface area contributed by atoms with Crippen molar-refractivity contribution in [3.63, 3.8) is 0 Å². The topological polar surface area (TPSA) is 63.6 Å². The SMILES string of the molecule is COC(=O)[C@]1(C)C=C2C3=CC(=O)C4[C@@]5(C)CC[C@H](O)C(C)(C)C5CC[C@@]4(C)[C@]3(C)CC[C@@]2(C)CC1. The summed E-state index contributed by atoms with van der Waals surface area (Å²) in [4.78, 5) is 27.0. The van der Waals surface area contributed by atoms with E-state index in [1.807, 2.05) is 13.0 Å². The third-order valence-electron chi connectivity index (χ3n) is 12.6. The summed E-state index contributed by atoms with van der Waals surface area (Å²) in [7, 11) is 1.47. The summed E-state index contributed by atoms with van der Waals surface area (Å²) in [6.45, 7) is 15.9. The van der Waals surface area contributed by atoms with Gasteiger partial charge in [0.15, 0.2) is 5.78 Å². The van der Waals surface area contributed by atoms with Crippen LogP contribution in [0.4, 0.5) is 0 Å². The lowest BCUT2D eigenvalue weighted by molar-refractivity contribution is -0.197. The summed E-state index contributed by atoms with van der Waals surface area (Å²) in [5, 5.41) is 10.9. The van der Waals surface area contributed by atoms with E-state index in [2.05, 4.69) is 47.6 Å². The van der Waals surface area contributed by atoms with E-state index in [1.165, 1.54) is 18.3 Å². The van der Waals surface area contributed by atoms with E-state index in [9.17, 15) is 14.7 Å². The van der Waals surface area contributed by atoms with Gasteiger partial charge < -0.3 is 9.84 Å². The van der Waals surface area contributed by atoms with Crippen LogP contribution in [0.2, 0.25) is 0 Å². The van der Waals surface area contributed by atoms with E-state index in [0.717, 1.165) is 51.4 Å². The van der Waals surface area contributed by atoms with E-state index >= 15 is 0 Å². The number of carbonyl (C=O) groups excluding carboxylic acids is 2. The first-order valence-electron chi connectivity index (χ1n) is 13.9. The number of aliphatic hydroxyl groups is 1. The molecular weight excluding hydrogens is 436 g/mol. The molecule has 0 aromatic rings. The third-order valence-corrected chi connectivity index (χ3v) is 12.6. The second-order valence-electron chi connectivity index (χ2n) is 14.6. The van der Waals surface area contributed by atoms with E-state index in [4.69, 9.17) is 4.74 Å². The van der Waals surface area contributed by atoms with Crippen LogP contribution in [0, 0.1) is 44.3 Å². The maximum Gasteiger partial charge on any atom is 0.315 e. The average Bonchev–Trinajstić information content (AvgIpc) is 2.78. The molecule has 194 valence electrons. The summed E-state index contributed by atoms with van der Waals surface area (Å²) in [6, 6.07) is 0. The minimum Gasteiger partial charge on any atom is -0.468 e. The number of fused-ring (bicyclic) bond motifs is 7. The van der Waals surface area contributed by atoms with Crippen molar-refractivity contribution >= 4 is 11.8 Å². The quantitative estimate of drug-likeness (QED) is 0.438. The molecule has 0 saturated heterocycles. The zero-order valence-electron chi connectivity index (χ0n) is 23.2. The van der Waals surface area contributed by atoms with Gasteiger partial charge in [-0.2, -0.15) is 0 Å². The molecular formula is C31H46O4. The van der Waals surface area contributed by atoms with Crippen LogP contribution in [-0.4, -0.2) is 30.1 Å². The second kappa shape index (κ2) is 7.33. The van der Waals surface area contributed by atoms with Crippen molar-refractivity contribution < 1.29 is 19.4 Å². The van der Waals surface area contributed by atoms with Crippen LogP contribution in [0.25, 0.3) is 0 Å². The first-order valence-corrected chi connectivity index (χ1v) is 13.9. The van der Waals surface area contributed by atoms with Gasteiger partial charge in [-0.3, -0.25) is 9.59 Å². The molecule has 0 aliphatic heterocycles. The smallest absolute Gasteiger partial charge is 0.315 e. The Kier molecular flexibility index (Phi) is 5.29. The Morgan fingerprint density at radius 1 is 0.914 bits per heavy atom. The molecule has 5 rings (SSSR count).